The van der Waals surface area contributed by atoms with E-state index in [-0.39, 0.29) is 36.6 Å². The number of aliphatic hydroxyl groups is 1. The maximum absolute atomic E-state index is 15.9. The highest BCUT2D eigenvalue weighted by Crippen LogP contribution is 2.64. The fourth-order valence-corrected chi connectivity index (χ4v) is 8.55. The molecule has 0 bridgehead atoms. The van der Waals surface area contributed by atoms with E-state index < -0.39 is 86.4 Å². The van der Waals surface area contributed by atoms with Gasteiger partial charge in [-0.05, 0) is 56.2 Å². The summed E-state index contributed by atoms with van der Waals surface area (Å²) in [6, 6.07) is 9.82. The second-order valence-corrected chi connectivity index (χ2v) is 16.9. The molecule has 1 aliphatic heterocycles. The number of halogens is 6. The number of rotatable bonds is 11. The number of hydrogen-bond donors (Lipinski definition) is 3. The molecular weight excluding hydrogens is 779 g/mol. The van der Waals surface area contributed by atoms with Crippen LogP contribution in [0, 0.1) is 28.9 Å². The fourth-order valence-electron chi connectivity index (χ4n) is 8.05. The molecular formula is C38H34F6N8O4S. The van der Waals surface area contributed by atoms with E-state index in [2.05, 4.69) is 32.1 Å². The van der Waals surface area contributed by atoms with Gasteiger partial charge < -0.3 is 15.3 Å². The van der Waals surface area contributed by atoms with E-state index in [1.807, 2.05) is 0 Å². The van der Waals surface area contributed by atoms with Gasteiger partial charge in [0.05, 0.1) is 35.0 Å². The molecule has 1 saturated heterocycles. The van der Waals surface area contributed by atoms with Crippen molar-refractivity contribution >= 4 is 38.5 Å². The first-order valence-electron chi connectivity index (χ1n) is 17.6. The predicted molar refractivity (Wildman–Crippen MR) is 196 cm³/mol. The van der Waals surface area contributed by atoms with Crippen LogP contribution in [0.4, 0.5) is 38.0 Å². The van der Waals surface area contributed by atoms with Gasteiger partial charge in [-0.15, -0.1) is 0 Å². The van der Waals surface area contributed by atoms with Gasteiger partial charge in [0, 0.05) is 48.3 Å². The van der Waals surface area contributed by atoms with Crippen molar-refractivity contribution in [3.8, 4) is 23.0 Å². The molecule has 3 aromatic heterocycles. The van der Waals surface area contributed by atoms with Gasteiger partial charge in [0.2, 0.25) is 15.9 Å². The first-order chi connectivity index (χ1) is 26.7. The van der Waals surface area contributed by atoms with Gasteiger partial charge in [-0.25, -0.2) is 31.0 Å². The van der Waals surface area contributed by atoms with E-state index in [9.17, 15) is 35.9 Å². The van der Waals surface area contributed by atoms with Crippen LogP contribution in [0.5, 0.6) is 0 Å². The third-order valence-electron chi connectivity index (χ3n) is 10.6. The Morgan fingerprint density at radius 3 is 2.35 bits per heavy atom. The number of amides is 1. The third-order valence-corrected chi connectivity index (χ3v) is 11.1. The van der Waals surface area contributed by atoms with Crippen LogP contribution in [0.2, 0.25) is 0 Å². The summed E-state index contributed by atoms with van der Waals surface area (Å²) in [5.41, 5.74) is -3.69. The molecule has 0 spiro atoms. The SMILES string of the molecule is Cn1nc(NS(C)(=O)=O)c2cccc(-c3ccc(N4CC(C)(O)C4)nc3[C@H](Cc3cc(F)cc(F)c3)NC(=O)Cn3nc(C(F)F)c4c3C(F)(F)[C@]3(C)C#C[C@H]43)c21. The number of aromatic nitrogens is 5. The number of β-amino-alcohol motifs (C(OH)–C–C–N with tert-alkyl or cyclic N) is 1. The van der Waals surface area contributed by atoms with E-state index in [0.717, 1.165) is 18.4 Å². The third kappa shape index (κ3) is 6.44. The van der Waals surface area contributed by atoms with Crippen LogP contribution < -0.4 is 14.9 Å². The van der Waals surface area contributed by atoms with Crippen LogP contribution in [-0.2, 0) is 40.8 Å². The van der Waals surface area contributed by atoms with Gasteiger partial charge in [-0.3, -0.25) is 18.9 Å². The number of pyridine rings is 1. The number of aryl methyl sites for hydroxylation is 1. The Labute approximate surface area is 321 Å². The van der Waals surface area contributed by atoms with Gasteiger partial charge >= 0.3 is 5.92 Å². The minimum atomic E-state index is -3.75. The lowest BCUT2D eigenvalue weighted by molar-refractivity contribution is -0.123. The van der Waals surface area contributed by atoms with Crippen molar-refractivity contribution in [3.05, 3.63) is 88.4 Å². The molecule has 0 saturated carbocycles. The zero-order valence-corrected chi connectivity index (χ0v) is 31.5. The fraction of sp³-hybridized carbons (Fsp3) is 0.368. The molecule has 5 aromatic rings. The van der Waals surface area contributed by atoms with Gasteiger partial charge in [0.1, 0.15) is 40.8 Å². The summed E-state index contributed by atoms with van der Waals surface area (Å²) >= 11 is 0. The molecule has 12 nitrogen and oxygen atoms in total. The lowest BCUT2D eigenvalue weighted by Crippen LogP contribution is -2.60. The molecule has 4 heterocycles. The van der Waals surface area contributed by atoms with Crippen LogP contribution in [0.3, 0.4) is 0 Å². The van der Waals surface area contributed by atoms with Crippen molar-refractivity contribution in [3.63, 3.8) is 0 Å². The average molecular weight is 813 g/mol. The molecule has 298 valence electrons. The molecule has 3 aliphatic rings. The molecule has 3 N–H and O–H groups in total. The average Bonchev–Trinajstić information content (AvgIpc) is 3.64. The van der Waals surface area contributed by atoms with Crippen molar-refractivity contribution < 1.29 is 44.7 Å². The summed E-state index contributed by atoms with van der Waals surface area (Å²) in [6.45, 7) is 2.25. The monoisotopic (exact) mass is 812 g/mol. The number of fused-ring (bicyclic) bond motifs is 4. The van der Waals surface area contributed by atoms with Crippen molar-refractivity contribution in [1.29, 1.82) is 0 Å². The van der Waals surface area contributed by atoms with Crippen LogP contribution >= 0.6 is 0 Å². The zero-order chi connectivity index (χ0) is 41.0. The smallest absolute Gasteiger partial charge is 0.307 e. The Morgan fingerprint density at radius 2 is 1.74 bits per heavy atom. The van der Waals surface area contributed by atoms with Gasteiger partial charge in [0.15, 0.2) is 5.82 Å². The molecule has 8 rings (SSSR count). The first kappa shape index (κ1) is 38.3. The molecule has 3 atom stereocenters. The Kier molecular flexibility index (Phi) is 8.70. The largest absolute Gasteiger partial charge is 0.386 e. The van der Waals surface area contributed by atoms with E-state index in [0.29, 0.717) is 38.6 Å². The molecule has 1 fully saturated rings. The quantitative estimate of drug-likeness (QED) is 0.120. The minimum Gasteiger partial charge on any atom is -0.386 e. The normalized spacial score (nSPS) is 20.6. The number of hydrogen-bond acceptors (Lipinski definition) is 8. The van der Waals surface area contributed by atoms with Crippen LogP contribution in [0.15, 0.2) is 48.5 Å². The van der Waals surface area contributed by atoms with Gasteiger partial charge in [0.25, 0.3) is 6.43 Å². The van der Waals surface area contributed by atoms with Crippen LogP contribution in [-0.4, -0.2) is 68.9 Å². The topological polar surface area (TPSA) is 147 Å². The number of sulfonamides is 1. The minimum absolute atomic E-state index is 0.0327. The van der Waals surface area contributed by atoms with Crippen molar-refractivity contribution in [2.45, 2.75) is 56.7 Å². The van der Waals surface area contributed by atoms with E-state index in [1.165, 1.54) is 11.6 Å². The second-order valence-electron chi connectivity index (χ2n) is 15.2. The highest BCUT2D eigenvalue weighted by Gasteiger charge is 2.68. The van der Waals surface area contributed by atoms with Gasteiger partial charge in [-0.2, -0.15) is 19.0 Å². The predicted octanol–water partition coefficient (Wildman–Crippen LogP) is 5.30. The molecule has 1 amide bonds. The van der Waals surface area contributed by atoms with Crippen LogP contribution in [0.25, 0.3) is 22.0 Å². The number of nitrogens with one attached hydrogen (secondary N) is 2. The first-order valence-corrected chi connectivity index (χ1v) is 19.5. The Bertz CT molecular complexity index is 2660. The summed E-state index contributed by atoms with van der Waals surface area (Å²) in [5, 5.41) is 21.8. The maximum Gasteiger partial charge on any atom is 0.307 e. The summed E-state index contributed by atoms with van der Waals surface area (Å²) in [4.78, 5) is 20.7. The van der Waals surface area contributed by atoms with E-state index in [4.69, 9.17) is 4.98 Å². The zero-order valence-electron chi connectivity index (χ0n) is 30.7. The highest BCUT2D eigenvalue weighted by atomic mass is 32.2. The van der Waals surface area contributed by atoms with E-state index in [1.54, 1.807) is 49.2 Å². The Balaban J connectivity index is 1.25. The standard InChI is InChI=1S/C38H34F6N8O4S/c1-36(54)17-51(18-36)27-9-8-22(23-6-5-7-24-32(23)50(3)48-35(24)49-57(4,55)56)30(46-27)26(14-19-12-20(39)15-21(40)13-19)45-28(53)16-52-33-29(31(47-52)34(41)42)25-10-11-37(25,2)38(33,43)44/h5-9,12-13,15,25-26,34,54H,14,16-18H2,1-4H3,(H,45,53)(H,48,49)/t25-,26+,37-/m1/s1. The molecule has 0 unspecified atom stereocenters. The molecule has 2 aliphatic carbocycles. The maximum atomic E-state index is 15.9. The Morgan fingerprint density at radius 1 is 1.04 bits per heavy atom. The van der Waals surface area contributed by atoms with Crippen molar-refractivity contribution in [2.24, 2.45) is 12.5 Å². The molecule has 19 heteroatoms. The lowest BCUT2D eigenvalue weighted by Gasteiger charge is -2.45. The van der Waals surface area contributed by atoms with Crippen molar-refractivity contribution in [1.82, 2.24) is 29.9 Å². The number of carbonyl (C=O) groups excluding carboxylic acids is 1. The summed E-state index contributed by atoms with van der Waals surface area (Å²) in [6.07, 6.45) is -2.56. The highest BCUT2D eigenvalue weighted by molar-refractivity contribution is 7.92. The molecule has 0 radical (unpaired) electrons. The summed E-state index contributed by atoms with van der Waals surface area (Å²) in [7, 11) is -2.17. The number of alkyl halides is 4. The molecule has 2 aromatic carbocycles. The summed E-state index contributed by atoms with van der Waals surface area (Å²) in [5.74, 6) is -2.39. The lowest BCUT2D eigenvalue weighted by atomic mass is 9.70. The summed E-state index contributed by atoms with van der Waals surface area (Å²) < 4.78 is 118. The number of benzene rings is 2. The number of para-hydroxylation sites is 1. The van der Waals surface area contributed by atoms with E-state index >= 15 is 8.78 Å². The van der Waals surface area contributed by atoms with Gasteiger partial charge in [-0.1, -0.05) is 24.0 Å². The second kappa shape index (κ2) is 13.0. The number of carbonyl (C=O) groups is 1. The Hall–Kier alpha value is -5.61. The number of nitrogens with zero attached hydrogens (tertiary/aromatic N) is 6. The molecule has 57 heavy (non-hydrogen) atoms. The van der Waals surface area contributed by atoms with Crippen LogP contribution in [0.1, 0.15) is 60.4 Å². The number of anilines is 2. The van der Waals surface area contributed by atoms with Crippen molar-refractivity contribution in [2.75, 3.05) is 29.0 Å².